The van der Waals surface area contributed by atoms with Gasteiger partial charge in [-0.15, -0.1) is 0 Å². The summed E-state index contributed by atoms with van der Waals surface area (Å²) in [6.07, 6.45) is 2.49. The van der Waals surface area contributed by atoms with Crippen LogP contribution in [0.4, 0.5) is 4.39 Å². The van der Waals surface area contributed by atoms with E-state index in [0.29, 0.717) is 34.9 Å². The first-order valence-corrected chi connectivity index (χ1v) is 9.62. The molecule has 0 spiro atoms. The fourth-order valence-electron chi connectivity index (χ4n) is 3.25. The Labute approximate surface area is 173 Å². The number of para-hydroxylation sites is 1. The molecule has 2 aromatic carbocycles. The van der Waals surface area contributed by atoms with E-state index >= 15 is 0 Å². The summed E-state index contributed by atoms with van der Waals surface area (Å²) in [4.78, 5) is 17.2. The second-order valence-corrected chi connectivity index (χ2v) is 6.66. The fourth-order valence-corrected chi connectivity index (χ4v) is 3.25. The largest absolute Gasteiger partial charge is 0.490 e. The van der Waals surface area contributed by atoms with Gasteiger partial charge in [0.25, 0.3) is 0 Å². The zero-order chi connectivity index (χ0) is 20.9. The monoisotopic (exact) mass is 405 g/mol. The van der Waals surface area contributed by atoms with Gasteiger partial charge in [-0.25, -0.2) is 9.18 Å². The van der Waals surface area contributed by atoms with E-state index in [4.69, 9.17) is 14.2 Å². The van der Waals surface area contributed by atoms with Crippen LogP contribution in [-0.2, 0) is 9.53 Å². The topological polar surface area (TPSA) is 57.7 Å². The fraction of sp³-hybridized carbons (Fsp3) is 0.167. The van der Waals surface area contributed by atoms with Gasteiger partial charge in [-0.3, -0.25) is 4.98 Å². The van der Waals surface area contributed by atoms with Crippen molar-refractivity contribution in [2.45, 2.75) is 13.0 Å². The maximum atomic E-state index is 13.8. The quantitative estimate of drug-likeness (QED) is 0.555. The first kappa shape index (κ1) is 19.6. The van der Waals surface area contributed by atoms with Gasteiger partial charge < -0.3 is 14.2 Å². The van der Waals surface area contributed by atoms with Crippen LogP contribution in [0.5, 0.6) is 11.5 Å². The number of hydrogen-bond acceptors (Lipinski definition) is 5. The minimum Gasteiger partial charge on any atom is -0.490 e. The summed E-state index contributed by atoms with van der Waals surface area (Å²) < 4.78 is 30.9. The van der Waals surface area contributed by atoms with Crippen LogP contribution in [0.1, 0.15) is 29.8 Å². The number of rotatable bonds is 6. The van der Waals surface area contributed by atoms with Crippen LogP contribution >= 0.6 is 0 Å². The van der Waals surface area contributed by atoms with E-state index in [0.717, 1.165) is 5.56 Å². The molecular weight excluding hydrogens is 385 g/mol. The molecule has 0 aliphatic carbocycles. The molecule has 3 aromatic rings. The third-order valence-electron chi connectivity index (χ3n) is 4.61. The van der Waals surface area contributed by atoms with Gasteiger partial charge in [0.15, 0.2) is 17.6 Å². The van der Waals surface area contributed by atoms with Crippen molar-refractivity contribution in [1.82, 2.24) is 4.98 Å². The molecule has 1 atom stereocenters. The number of halogens is 1. The van der Waals surface area contributed by atoms with Crippen molar-refractivity contribution in [3.8, 4) is 11.5 Å². The molecule has 30 heavy (non-hydrogen) atoms. The van der Waals surface area contributed by atoms with Gasteiger partial charge >= 0.3 is 5.97 Å². The highest BCUT2D eigenvalue weighted by molar-refractivity contribution is 5.95. The van der Waals surface area contributed by atoms with Crippen molar-refractivity contribution in [2.75, 3.05) is 13.2 Å². The van der Waals surface area contributed by atoms with Crippen LogP contribution < -0.4 is 9.47 Å². The maximum Gasteiger partial charge on any atom is 0.338 e. The molecule has 1 aliphatic rings. The van der Waals surface area contributed by atoms with E-state index in [9.17, 15) is 9.18 Å². The molecule has 0 amide bonds. The minimum atomic E-state index is -0.841. The molecule has 0 fully saturated rings. The number of ether oxygens (including phenoxy) is 3. The van der Waals surface area contributed by atoms with Crippen molar-refractivity contribution in [1.29, 1.82) is 0 Å². The summed E-state index contributed by atoms with van der Waals surface area (Å²) in [6, 6.07) is 16.7. The summed E-state index contributed by atoms with van der Waals surface area (Å²) in [5, 5.41) is 0. The van der Waals surface area contributed by atoms with Gasteiger partial charge in [0.1, 0.15) is 12.4 Å². The molecule has 1 aliphatic heterocycles. The zero-order valence-corrected chi connectivity index (χ0v) is 16.4. The standard InChI is InChI=1S/C24H20FNO4/c1-2-28-21-11-6-8-16-13-18(15-29-23(16)21)24(27)30-22(20-10-3-4-12-26-20)17-7-5-9-19(25)14-17/h3-14,22H,2,15H2,1H3. The summed E-state index contributed by atoms with van der Waals surface area (Å²) in [7, 11) is 0. The lowest BCUT2D eigenvalue weighted by atomic mass is 10.0. The average Bonchev–Trinajstić information content (AvgIpc) is 2.78. The van der Waals surface area contributed by atoms with E-state index in [1.807, 2.05) is 25.1 Å². The highest BCUT2D eigenvalue weighted by atomic mass is 19.1. The summed E-state index contributed by atoms with van der Waals surface area (Å²) >= 11 is 0. The van der Waals surface area contributed by atoms with E-state index in [1.165, 1.54) is 12.1 Å². The smallest absolute Gasteiger partial charge is 0.338 e. The van der Waals surface area contributed by atoms with Gasteiger partial charge in [-0.1, -0.05) is 30.3 Å². The number of nitrogens with zero attached hydrogens (tertiary/aromatic N) is 1. The molecule has 152 valence electrons. The third-order valence-corrected chi connectivity index (χ3v) is 4.61. The first-order chi connectivity index (χ1) is 14.7. The molecule has 4 rings (SSSR count). The van der Waals surface area contributed by atoms with E-state index < -0.39 is 17.9 Å². The van der Waals surface area contributed by atoms with Crippen LogP contribution in [0.3, 0.4) is 0 Å². The van der Waals surface area contributed by atoms with Crippen LogP contribution in [0.2, 0.25) is 0 Å². The predicted octanol–water partition coefficient (Wildman–Crippen LogP) is 4.73. The van der Waals surface area contributed by atoms with Crippen LogP contribution in [-0.4, -0.2) is 24.2 Å². The summed E-state index contributed by atoms with van der Waals surface area (Å²) in [6.45, 7) is 2.46. The molecule has 0 saturated carbocycles. The van der Waals surface area contributed by atoms with Crippen molar-refractivity contribution in [3.05, 3.63) is 95.1 Å². The van der Waals surface area contributed by atoms with Gasteiger partial charge in [0, 0.05) is 17.3 Å². The molecule has 0 bridgehead atoms. The van der Waals surface area contributed by atoms with Crippen molar-refractivity contribution in [3.63, 3.8) is 0 Å². The number of aromatic nitrogens is 1. The first-order valence-electron chi connectivity index (χ1n) is 9.62. The third kappa shape index (κ3) is 4.17. The van der Waals surface area contributed by atoms with Crippen LogP contribution in [0.15, 0.2) is 72.4 Å². The van der Waals surface area contributed by atoms with Crippen molar-refractivity contribution >= 4 is 12.0 Å². The Bertz CT molecular complexity index is 1080. The van der Waals surface area contributed by atoms with E-state index in [2.05, 4.69) is 4.98 Å². The average molecular weight is 405 g/mol. The number of benzene rings is 2. The van der Waals surface area contributed by atoms with Gasteiger partial charge in [0.2, 0.25) is 0 Å². The van der Waals surface area contributed by atoms with Gasteiger partial charge in [-0.2, -0.15) is 0 Å². The molecule has 0 saturated heterocycles. The van der Waals surface area contributed by atoms with Crippen LogP contribution in [0, 0.1) is 5.82 Å². The Morgan fingerprint density at radius 2 is 2.03 bits per heavy atom. The molecule has 5 nitrogen and oxygen atoms in total. The number of hydrogen-bond donors (Lipinski definition) is 0. The van der Waals surface area contributed by atoms with E-state index in [-0.39, 0.29) is 6.61 Å². The highest BCUT2D eigenvalue weighted by Gasteiger charge is 2.26. The molecule has 1 unspecified atom stereocenters. The van der Waals surface area contributed by atoms with Crippen molar-refractivity contribution in [2.24, 2.45) is 0 Å². The Morgan fingerprint density at radius 3 is 2.80 bits per heavy atom. The highest BCUT2D eigenvalue weighted by Crippen LogP contribution is 2.36. The second-order valence-electron chi connectivity index (χ2n) is 6.66. The predicted molar refractivity (Wildman–Crippen MR) is 110 cm³/mol. The van der Waals surface area contributed by atoms with Crippen LogP contribution in [0.25, 0.3) is 6.08 Å². The van der Waals surface area contributed by atoms with Crippen molar-refractivity contribution < 1.29 is 23.4 Å². The zero-order valence-electron chi connectivity index (χ0n) is 16.4. The molecule has 6 heteroatoms. The number of fused-ring (bicyclic) bond motifs is 1. The maximum absolute atomic E-state index is 13.8. The summed E-state index contributed by atoms with van der Waals surface area (Å²) in [5.41, 5.74) is 2.10. The number of esters is 1. The molecule has 0 N–H and O–H groups in total. The molecular formula is C24H20FNO4. The van der Waals surface area contributed by atoms with Gasteiger partial charge in [-0.05, 0) is 43.3 Å². The lowest BCUT2D eigenvalue weighted by Crippen LogP contribution is -2.21. The van der Waals surface area contributed by atoms with Gasteiger partial charge in [0.05, 0.1) is 17.9 Å². The Morgan fingerprint density at radius 1 is 1.17 bits per heavy atom. The normalized spacial score (nSPS) is 13.5. The number of pyridine rings is 1. The number of carbonyl (C=O) groups excluding carboxylic acids is 1. The molecule has 1 aromatic heterocycles. The lowest BCUT2D eigenvalue weighted by Gasteiger charge is -2.22. The lowest BCUT2D eigenvalue weighted by molar-refractivity contribution is -0.143. The summed E-state index contributed by atoms with van der Waals surface area (Å²) in [5.74, 6) is 0.261. The van der Waals surface area contributed by atoms with E-state index in [1.54, 1.807) is 42.6 Å². The Balaban J connectivity index is 1.63. The number of carbonyl (C=O) groups is 1. The molecule has 2 heterocycles. The second kappa shape index (κ2) is 8.78. The Kier molecular flexibility index (Phi) is 5.75. The minimum absolute atomic E-state index is 0.0496. The SMILES string of the molecule is CCOc1cccc2c1OCC(C(=O)OC(c1cccc(F)c1)c1ccccn1)=C2. The molecule has 0 radical (unpaired) electrons. The Hall–Kier alpha value is -3.67.